The number of nitrogens with two attached hydrogens (primary N) is 1. The van der Waals surface area contributed by atoms with Crippen molar-refractivity contribution in [1.29, 1.82) is 0 Å². The lowest BCUT2D eigenvalue weighted by atomic mass is 10.0. The minimum absolute atomic E-state index is 0.140. The molecule has 0 saturated heterocycles. The number of nitrogens with one attached hydrogen (secondary N) is 1. The maximum absolute atomic E-state index is 11.7. The second-order valence-electron chi connectivity index (χ2n) is 4.40. The van der Waals surface area contributed by atoms with E-state index in [-0.39, 0.29) is 18.1 Å². The molecule has 1 amide bonds. The Morgan fingerprint density at radius 1 is 1.61 bits per heavy atom. The largest absolute Gasteiger partial charge is 0.397 e. The van der Waals surface area contributed by atoms with Crippen LogP contribution in [0.4, 0.5) is 5.69 Å². The zero-order valence-electron chi connectivity index (χ0n) is 10.6. The highest BCUT2D eigenvalue weighted by atomic mass is 16.5. The van der Waals surface area contributed by atoms with Crippen molar-refractivity contribution in [3.8, 4) is 0 Å². The van der Waals surface area contributed by atoms with E-state index in [1.54, 1.807) is 20.1 Å². The van der Waals surface area contributed by atoms with Crippen LogP contribution < -0.4 is 11.1 Å². The summed E-state index contributed by atoms with van der Waals surface area (Å²) in [7, 11) is 1.56. The molecule has 1 aromatic heterocycles. The monoisotopic (exact) mass is 253 g/mol. The van der Waals surface area contributed by atoms with Gasteiger partial charge in [0, 0.05) is 26.7 Å². The summed E-state index contributed by atoms with van der Waals surface area (Å²) >= 11 is 0. The highest BCUT2D eigenvalue weighted by Gasteiger charge is 2.21. The van der Waals surface area contributed by atoms with Crippen LogP contribution in [-0.2, 0) is 4.74 Å². The van der Waals surface area contributed by atoms with Crippen LogP contribution in [0.2, 0.25) is 0 Å². The van der Waals surface area contributed by atoms with E-state index in [9.17, 15) is 9.90 Å². The maximum Gasteiger partial charge on any atom is 0.269 e. The van der Waals surface area contributed by atoms with Gasteiger partial charge in [0.15, 0.2) is 0 Å². The van der Waals surface area contributed by atoms with Crippen molar-refractivity contribution >= 4 is 11.6 Å². The first kappa shape index (κ1) is 14.4. The van der Waals surface area contributed by atoms with E-state index in [1.807, 2.05) is 0 Å². The van der Waals surface area contributed by atoms with E-state index >= 15 is 0 Å². The molecule has 6 nitrogen and oxygen atoms in total. The van der Waals surface area contributed by atoms with Gasteiger partial charge in [0.2, 0.25) is 0 Å². The van der Waals surface area contributed by atoms with E-state index in [2.05, 4.69) is 10.3 Å². The second kappa shape index (κ2) is 6.32. The van der Waals surface area contributed by atoms with Crippen LogP contribution in [0.5, 0.6) is 0 Å². The molecule has 0 radical (unpaired) electrons. The molecule has 0 spiro atoms. The summed E-state index contributed by atoms with van der Waals surface area (Å²) in [4.78, 5) is 15.6. The van der Waals surface area contributed by atoms with Gasteiger partial charge in [0.05, 0.1) is 17.5 Å². The number of methoxy groups -OCH3 is 1. The number of hydrogen-bond donors (Lipinski definition) is 3. The Labute approximate surface area is 106 Å². The van der Waals surface area contributed by atoms with Crippen LogP contribution in [0.25, 0.3) is 0 Å². The minimum Gasteiger partial charge on any atom is -0.397 e. The Balaban J connectivity index is 2.48. The molecule has 1 atom stereocenters. The molecule has 0 aliphatic carbocycles. The number of carbonyl (C=O) groups is 1. The van der Waals surface area contributed by atoms with Crippen molar-refractivity contribution in [1.82, 2.24) is 10.3 Å². The van der Waals surface area contributed by atoms with Gasteiger partial charge in [0.1, 0.15) is 5.69 Å². The van der Waals surface area contributed by atoms with Gasteiger partial charge in [-0.3, -0.25) is 4.79 Å². The zero-order chi connectivity index (χ0) is 13.6. The molecule has 1 unspecified atom stereocenters. The predicted molar refractivity (Wildman–Crippen MR) is 68.1 cm³/mol. The summed E-state index contributed by atoms with van der Waals surface area (Å²) in [6, 6.07) is 3.14. The van der Waals surface area contributed by atoms with E-state index < -0.39 is 5.60 Å². The molecule has 0 aliphatic heterocycles. The van der Waals surface area contributed by atoms with Crippen LogP contribution in [0.1, 0.15) is 23.8 Å². The van der Waals surface area contributed by atoms with Gasteiger partial charge in [0.25, 0.3) is 5.91 Å². The molecule has 4 N–H and O–H groups in total. The van der Waals surface area contributed by atoms with Crippen LogP contribution in [0, 0.1) is 0 Å². The summed E-state index contributed by atoms with van der Waals surface area (Å²) in [6.07, 6.45) is 1.86. The summed E-state index contributed by atoms with van der Waals surface area (Å²) in [5, 5.41) is 12.6. The number of nitrogen functional groups attached to an aromatic ring is 1. The van der Waals surface area contributed by atoms with E-state index in [4.69, 9.17) is 10.5 Å². The van der Waals surface area contributed by atoms with Gasteiger partial charge in [-0.25, -0.2) is 4.98 Å². The Bertz CT molecular complexity index is 390. The average Bonchev–Trinajstić information content (AvgIpc) is 2.35. The number of nitrogens with zero attached hydrogens (tertiary/aromatic N) is 1. The summed E-state index contributed by atoms with van der Waals surface area (Å²) < 4.78 is 4.88. The molecule has 1 rings (SSSR count). The second-order valence-corrected chi connectivity index (χ2v) is 4.40. The SMILES string of the molecule is COCCC(C)(O)CNC(=O)c1ccc(N)cn1. The van der Waals surface area contributed by atoms with Gasteiger partial charge in [-0.15, -0.1) is 0 Å². The number of aliphatic hydroxyl groups is 1. The van der Waals surface area contributed by atoms with Crippen molar-refractivity contribution in [2.24, 2.45) is 0 Å². The molecule has 6 heteroatoms. The summed E-state index contributed by atoms with van der Waals surface area (Å²) in [6.45, 7) is 2.22. The van der Waals surface area contributed by atoms with Crippen molar-refractivity contribution in [3.05, 3.63) is 24.0 Å². The lowest BCUT2D eigenvalue weighted by Crippen LogP contribution is -2.41. The highest BCUT2D eigenvalue weighted by Crippen LogP contribution is 2.08. The smallest absolute Gasteiger partial charge is 0.269 e. The van der Waals surface area contributed by atoms with Crippen LogP contribution in [-0.4, -0.2) is 41.9 Å². The molecule has 0 aliphatic rings. The molecule has 18 heavy (non-hydrogen) atoms. The number of ether oxygens (including phenoxy) is 1. The lowest BCUT2D eigenvalue weighted by Gasteiger charge is -2.23. The number of pyridine rings is 1. The lowest BCUT2D eigenvalue weighted by molar-refractivity contribution is 0.0243. The molecule has 0 saturated carbocycles. The zero-order valence-corrected chi connectivity index (χ0v) is 10.6. The first-order valence-electron chi connectivity index (χ1n) is 5.66. The summed E-state index contributed by atoms with van der Waals surface area (Å²) in [5.74, 6) is -0.340. The molecule has 1 heterocycles. The first-order chi connectivity index (χ1) is 8.44. The van der Waals surface area contributed by atoms with Crippen LogP contribution in [0.15, 0.2) is 18.3 Å². The first-order valence-corrected chi connectivity index (χ1v) is 5.66. The maximum atomic E-state index is 11.7. The Morgan fingerprint density at radius 3 is 2.89 bits per heavy atom. The topological polar surface area (TPSA) is 97.5 Å². The number of carbonyl (C=O) groups excluding carboxylic acids is 1. The number of hydrogen-bond acceptors (Lipinski definition) is 5. The fraction of sp³-hybridized carbons (Fsp3) is 0.500. The molecule has 100 valence electrons. The molecular weight excluding hydrogens is 234 g/mol. The number of anilines is 1. The van der Waals surface area contributed by atoms with Crippen molar-refractivity contribution in [2.75, 3.05) is 26.0 Å². The van der Waals surface area contributed by atoms with Crippen molar-refractivity contribution in [3.63, 3.8) is 0 Å². The van der Waals surface area contributed by atoms with Crippen LogP contribution >= 0.6 is 0 Å². The Morgan fingerprint density at radius 2 is 2.33 bits per heavy atom. The fourth-order valence-corrected chi connectivity index (χ4v) is 1.31. The van der Waals surface area contributed by atoms with Crippen molar-refractivity contribution in [2.45, 2.75) is 18.9 Å². The molecule has 0 bridgehead atoms. The fourth-order valence-electron chi connectivity index (χ4n) is 1.31. The number of rotatable bonds is 6. The van der Waals surface area contributed by atoms with Gasteiger partial charge in [-0.05, 0) is 19.1 Å². The van der Waals surface area contributed by atoms with E-state index in [1.165, 1.54) is 12.3 Å². The predicted octanol–water partition coefficient (Wildman–Crippen LogP) is 0.181. The Hall–Kier alpha value is -1.66. The molecule has 0 fully saturated rings. The van der Waals surface area contributed by atoms with E-state index in [0.717, 1.165) is 0 Å². The van der Waals surface area contributed by atoms with Crippen LogP contribution in [0.3, 0.4) is 0 Å². The molecule has 1 aromatic rings. The third-order valence-electron chi connectivity index (χ3n) is 2.49. The van der Waals surface area contributed by atoms with Gasteiger partial charge in [-0.2, -0.15) is 0 Å². The normalized spacial score (nSPS) is 13.9. The minimum atomic E-state index is -1.00. The number of aromatic nitrogens is 1. The Kier molecular flexibility index (Phi) is 5.06. The van der Waals surface area contributed by atoms with Gasteiger partial charge in [-0.1, -0.05) is 0 Å². The quantitative estimate of drug-likeness (QED) is 0.672. The highest BCUT2D eigenvalue weighted by molar-refractivity contribution is 5.92. The molecule has 0 aromatic carbocycles. The van der Waals surface area contributed by atoms with Gasteiger partial charge >= 0.3 is 0 Å². The third kappa shape index (κ3) is 4.68. The third-order valence-corrected chi connectivity index (χ3v) is 2.49. The average molecular weight is 253 g/mol. The summed E-state index contributed by atoms with van der Waals surface area (Å²) in [5.41, 5.74) is 5.25. The van der Waals surface area contributed by atoms with E-state index in [0.29, 0.717) is 18.7 Å². The van der Waals surface area contributed by atoms with Gasteiger partial charge < -0.3 is 20.9 Å². The van der Waals surface area contributed by atoms with Crippen molar-refractivity contribution < 1.29 is 14.6 Å². The standard InChI is InChI=1S/C12H19N3O3/c1-12(17,5-6-18-2)8-15-11(16)10-4-3-9(13)7-14-10/h3-4,7,17H,5-6,8,13H2,1-2H3,(H,15,16). The molecular formula is C12H19N3O3. The number of amides is 1.